The van der Waals surface area contributed by atoms with Crippen LogP contribution >= 0.6 is 0 Å². The van der Waals surface area contributed by atoms with Gasteiger partial charge in [0.05, 0.1) is 11.1 Å². The molecule has 134 valence electrons. The van der Waals surface area contributed by atoms with Gasteiger partial charge in [-0.05, 0) is 38.5 Å². The molecule has 0 fully saturated rings. The second kappa shape index (κ2) is 6.19. The largest absolute Gasteiger partial charge is 0.423 e. The molecule has 0 saturated heterocycles. The Hall–Kier alpha value is -2.91. The summed E-state index contributed by atoms with van der Waals surface area (Å²) in [6, 6.07) is 2.31. The Kier molecular flexibility index (Phi) is 4.56. The minimum absolute atomic E-state index is 0.195. The molecule has 2 aromatic rings. The number of benzene rings is 1. The molecule has 1 heterocycles. The third-order valence-electron chi connectivity index (χ3n) is 3.60. The number of aromatic nitrogens is 2. The van der Waals surface area contributed by atoms with Gasteiger partial charge in [0.1, 0.15) is 11.1 Å². The van der Waals surface area contributed by atoms with Crippen molar-refractivity contribution in [3.05, 3.63) is 51.8 Å². The molecule has 0 radical (unpaired) electrons. The average Bonchev–Trinajstić information content (AvgIpc) is 2.93. The molecule has 1 aromatic carbocycles. The van der Waals surface area contributed by atoms with Gasteiger partial charge in [0.15, 0.2) is 0 Å². The second-order valence-electron chi connectivity index (χ2n) is 5.96. The van der Waals surface area contributed by atoms with Crippen LogP contribution in [0.2, 0.25) is 0 Å². The smallest absolute Gasteiger partial charge is 0.324 e. The maximum Gasteiger partial charge on any atom is 0.423 e. The molecule has 1 N–H and O–H groups in total. The number of anilines is 1. The molecule has 0 atom stereocenters. The van der Waals surface area contributed by atoms with Crippen LogP contribution < -0.4 is 5.32 Å². The average molecular weight is 356 g/mol. The molecule has 7 nitrogen and oxygen atoms in total. The second-order valence-corrected chi connectivity index (χ2v) is 5.96. The topological polar surface area (TPSA) is 90.1 Å². The standard InChI is InChI=1S/C15H15F3N4O3/c1-9-7-19-21(8-9)14(2,3)13(23)20-10-4-5-12(22(24)25)11(6-10)15(16,17)18/h4-8H,1-3H3,(H,20,23). The summed E-state index contributed by atoms with van der Waals surface area (Å²) in [5.41, 5.74) is -3.06. The van der Waals surface area contributed by atoms with E-state index in [4.69, 9.17) is 0 Å². The Bertz CT molecular complexity index is 828. The van der Waals surface area contributed by atoms with Gasteiger partial charge in [-0.3, -0.25) is 19.6 Å². The van der Waals surface area contributed by atoms with Crippen LogP contribution in [0.15, 0.2) is 30.6 Å². The molecule has 0 aliphatic rings. The van der Waals surface area contributed by atoms with Crippen molar-refractivity contribution < 1.29 is 22.9 Å². The number of hydrogen-bond acceptors (Lipinski definition) is 4. The Morgan fingerprint density at radius 3 is 2.44 bits per heavy atom. The van der Waals surface area contributed by atoms with Gasteiger partial charge in [0, 0.05) is 18.0 Å². The maximum atomic E-state index is 13.0. The third kappa shape index (κ3) is 3.78. The van der Waals surface area contributed by atoms with Crippen molar-refractivity contribution in [1.82, 2.24) is 9.78 Å². The van der Waals surface area contributed by atoms with Crippen LogP contribution in [0, 0.1) is 17.0 Å². The highest BCUT2D eigenvalue weighted by molar-refractivity contribution is 5.96. The van der Waals surface area contributed by atoms with Crippen molar-refractivity contribution in [3.63, 3.8) is 0 Å². The van der Waals surface area contributed by atoms with Gasteiger partial charge in [0.25, 0.3) is 11.6 Å². The van der Waals surface area contributed by atoms with Gasteiger partial charge < -0.3 is 5.32 Å². The summed E-state index contributed by atoms with van der Waals surface area (Å²) in [6.07, 6.45) is -1.75. The minimum atomic E-state index is -4.92. The zero-order chi connectivity index (χ0) is 19.0. The number of nitro groups is 1. The number of nitro benzene ring substituents is 1. The molecule has 0 saturated carbocycles. The first-order valence-electron chi connectivity index (χ1n) is 7.12. The van der Waals surface area contributed by atoms with Gasteiger partial charge in [-0.2, -0.15) is 18.3 Å². The molecule has 10 heteroatoms. The van der Waals surface area contributed by atoms with Crippen molar-refractivity contribution >= 4 is 17.3 Å². The maximum absolute atomic E-state index is 13.0. The summed E-state index contributed by atoms with van der Waals surface area (Å²) in [5.74, 6) is -0.613. The molecule has 0 aliphatic carbocycles. The highest BCUT2D eigenvalue weighted by Gasteiger charge is 2.39. The quantitative estimate of drug-likeness (QED) is 0.671. The fourth-order valence-electron chi connectivity index (χ4n) is 2.11. The van der Waals surface area contributed by atoms with Crippen molar-refractivity contribution in [1.29, 1.82) is 0 Å². The number of alkyl halides is 3. The first-order chi connectivity index (χ1) is 11.4. The van der Waals surface area contributed by atoms with E-state index in [1.807, 2.05) is 0 Å². The molecular weight excluding hydrogens is 341 g/mol. The summed E-state index contributed by atoms with van der Waals surface area (Å²) in [5, 5.41) is 17.1. The highest BCUT2D eigenvalue weighted by Crippen LogP contribution is 2.37. The van der Waals surface area contributed by atoms with Crippen molar-refractivity contribution in [3.8, 4) is 0 Å². The molecule has 0 bridgehead atoms. The Morgan fingerprint density at radius 2 is 1.96 bits per heavy atom. The number of carbonyl (C=O) groups is 1. The molecule has 0 unspecified atom stereocenters. The molecule has 1 aromatic heterocycles. The first-order valence-corrected chi connectivity index (χ1v) is 7.12. The zero-order valence-electron chi connectivity index (χ0n) is 13.6. The summed E-state index contributed by atoms with van der Waals surface area (Å²) in [7, 11) is 0. The molecule has 0 aliphatic heterocycles. The third-order valence-corrected chi connectivity index (χ3v) is 3.60. The predicted octanol–water partition coefficient (Wildman–Crippen LogP) is 3.49. The van der Waals surface area contributed by atoms with Gasteiger partial charge in [-0.25, -0.2) is 0 Å². The number of carbonyl (C=O) groups excluding carboxylic acids is 1. The fraction of sp³-hybridized carbons (Fsp3) is 0.333. The van der Waals surface area contributed by atoms with Crippen LogP contribution in [0.25, 0.3) is 0 Å². The van der Waals surface area contributed by atoms with E-state index in [0.717, 1.165) is 11.6 Å². The highest BCUT2D eigenvalue weighted by atomic mass is 19.4. The lowest BCUT2D eigenvalue weighted by molar-refractivity contribution is -0.388. The van der Waals surface area contributed by atoms with E-state index in [1.54, 1.807) is 33.2 Å². The number of aryl methyl sites for hydroxylation is 1. The van der Waals surface area contributed by atoms with Gasteiger partial charge in [-0.15, -0.1) is 0 Å². The van der Waals surface area contributed by atoms with Crippen LogP contribution in [0.5, 0.6) is 0 Å². The SMILES string of the molecule is Cc1cnn(C(C)(C)C(=O)Nc2ccc([N+](=O)[O-])c(C(F)(F)F)c2)c1. The van der Waals surface area contributed by atoms with Crippen LogP contribution in [-0.2, 0) is 16.5 Å². The van der Waals surface area contributed by atoms with Gasteiger partial charge >= 0.3 is 6.18 Å². The van der Waals surface area contributed by atoms with Crippen molar-refractivity contribution in [2.24, 2.45) is 0 Å². The molecule has 25 heavy (non-hydrogen) atoms. The number of nitrogens with zero attached hydrogens (tertiary/aromatic N) is 3. The van der Waals surface area contributed by atoms with E-state index in [0.29, 0.717) is 12.1 Å². The van der Waals surface area contributed by atoms with Crippen molar-refractivity contribution in [2.45, 2.75) is 32.5 Å². The lowest BCUT2D eigenvalue weighted by atomic mass is 10.0. The zero-order valence-corrected chi connectivity index (χ0v) is 13.6. The number of hydrogen-bond donors (Lipinski definition) is 1. The lowest BCUT2D eigenvalue weighted by Gasteiger charge is -2.24. The summed E-state index contributed by atoms with van der Waals surface area (Å²) < 4.78 is 40.4. The van der Waals surface area contributed by atoms with E-state index < -0.39 is 33.8 Å². The van der Waals surface area contributed by atoms with Gasteiger partial charge in [0.2, 0.25) is 0 Å². The monoisotopic (exact) mass is 356 g/mol. The summed E-state index contributed by atoms with van der Waals surface area (Å²) in [6.45, 7) is 4.87. The molecule has 2 rings (SSSR count). The van der Waals surface area contributed by atoms with Crippen LogP contribution in [-0.4, -0.2) is 20.6 Å². The van der Waals surface area contributed by atoms with Crippen molar-refractivity contribution in [2.75, 3.05) is 5.32 Å². The van der Waals surface area contributed by atoms with E-state index >= 15 is 0 Å². The summed E-state index contributed by atoms with van der Waals surface area (Å²) >= 11 is 0. The van der Waals surface area contributed by atoms with Gasteiger partial charge in [-0.1, -0.05) is 0 Å². The number of amides is 1. The molecule has 0 spiro atoms. The normalized spacial score (nSPS) is 12.1. The summed E-state index contributed by atoms with van der Waals surface area (Å²) in [4.78, 5) is 22.1. The number of halogens is 3. The Morgan fingerprint density at radius 1 is 1.32 bits per heavy atom. The molecule has 1 amide bonds. The fourth-order valence-corrected chi connectivity index (χ4v) is 2.11. The Labute approximate surface area is 140 Å². The predicted molar refractivity (Wildman–Crippen MR) is 83.0 cm³/mol. The first kappa shape index (κ1) is 18.4. The van der Waals surface area contributed by atoms with E-state index in [-0.39, 0.29) is 5.69 Å². The minimum Gasteiger partial charge on any atom is -0.324 e. The van der Waals surface area contributed by atoms with Crippen LogP contribution in [0.3, 0.4) is 0 Å². The van der Waals surface area contributed by atoms with Crippen LogP contribution in [0.4, 0.5) is 24.5 Å². The number of rotatable bonds is 4. The lowest BCUT2D eigenvalue weighted by Crippen LogP contribution is -2.40. The van der Waals surface area contributed by atoms with E-state index in [9.17, 15) is 28.1 Å². The Balaban J connectivity index is 2.34. The van der Waals surface area contributed by atoms with Crippen LogP contribution in [0.1, 0.15) is 25.0 Å². The number of nitrogens with one attached hydrogen (secondary N) is 1. The van der Waals surface area contributed by atoms with E-state index in [2.05, 4.69) is 10.4 Å². The molecular formula is C15H15F3N4O3. The van der Waals surface area contributed by atoms with E-state index in [1.165, 1.54) is 4.68 Å².